The number of anilines is 1. The van der Waals surface area contributed by atoms with Crippen LogP contribution in [0.4, 0.5) is 5.69 Å². The van der Waals surface area contributed by atoms with Crippen LogP contribution >= 0.6 is 0 Å². The number of piperidine rings is 1. The van der Waals surface area contributed by atoms with Crippen LogP contribution in [0.15, 0.2) is 27.6 Å². The molecule has 2 aliphatic heterocycles. The van der Waals surface area contributed by atoms with Crippen LogP contribution in [0.3, 0.4) is 0 Å². The number of aromatic nitrogens is 1. The predicted octanol–water partition coefficient (Wildman–Crippen LogP) is 2.00. The van der Waals surface area contributed by atoms with Gasteiger partial charge in [0.1, 0.15) is 10.6 Å². The molecule has 1 unspecified atom stereocenters. The normalized spacial score (nSPS) is 19.0. The number of hydrogen-bond acceptors (Lipinski definition) is 8. The van der Waals surface area contributed by atoms with E-state index in [1.807, 2.05) is 0 Å². The van der Waals surface area contributed by atoms with E-state index in [2.05, 4.69) is 10.5 Å². The molecule has 1 saturated heterocycles. The highest BCUT2D eigenvalue weighted by molar-refractivity contribution is 7.89. The summed E-state index contributed by atoms with van der Waals surface area (Å²) in [6.45, 7) is 2.90. The first-order valence-corrected chi connectivity index (χ1v) is 12.2. The molecule has 1 atom stereocenters. The van der Waals surface area contributed by atoms with Crippen LogP contribution in [-0.4, -0.2) is 55.2 Å². The summed E-state index contributed by atoms with van der Waals surface area (Å²) in [4.78, 5) is 36.7. The number of Topliss-reactive ketones (excluding diaryl/α,β-unsaturated/α-hetero) is 1. The van der Waals surface area contributed by atoms with Crippen molar-refractivity contribution < 1.29 is 32.1 Å². The summed E-state index contributed by atoms with van der Waals surface area (Å²) in [5, 5.41) is 6.46. The van der Waals surface area contributed by atoms with Gasteiger partial charge < -0.3 is 14.6 Å². The minimum atomic E-state index is -3.86. The zero-order chi connectivity index (χ0) is 23.8. The van der Waals surface area contributed by atoms with Crippen LogP contribution in [0.1, 0.15) is 46.6 Å². The molecule has 1 aromatic carbocycles. The number of rotatable bonds is 6. The number of ether oxygens (including phenoxy) is 1. The number of benzene rings is 1. The number of ketones is 1. The lowest BCUT2D eigenvalue weighted by atomic mass is 9.98. The molecule has 1 N–H and O–H groups in total. The summed E-state index contributed by atoms with van der Waals surface area (Å²) < 4.78 is 37.6. The van der Waals surface area contributed by atoms with E-state index in [9.17, 15) is 22.8 Å². The molecule has 0 bridgehead atoms. The summed E-state index contributed by atoms with van der Waals surface area (Å²) in [5.41, 5.74) is 2.21. The highest BCUT2D eigenvalue weighted by atomic mass is 32.2. The Morgan fingerprint density at radius 3 is 2.79 bits per heavy atom. The minimum absolute atomic E-state index is 0.0234. The Balaban J connectivity index is 1.38. The van der Waals surface area contributed by atoms with Gasteiger partial charge >= 0.3 is 5.97 Å². The molecule has 0 aliphatic carbocycles. The third-order valence-electron chi connectivity index (χ3n) is 5.95. The molecule has 4 rings (SSSR count). The second-order valence-corrected chi connectivity index (χ2v) is 10.2. The van der Waals surface area contributed by atoms with Crippen molar-refractivity contribution in [2.75, 3.05) is 25.0 Å². The van der Waals surface area contributed by atoms with E-state index in [-0.39, 0.29) is 41.1 Å². The van der Waals surface area contributed by atoms with Crippen LogP contribution < -0.4 is 5.32 Å². The number of aryl methyl sites for hydroxylation is 3. The van der Waals surface area contributed by atoms with Gasteiger partial charge in [-0.25, -0.2) is 8.42 Å². The van der Waals surface area contributed by atoms with E-state index in [1.165, 1.54) is 11.2 Å². The number of hydrogen-bond donors (Lipinski definition) is 1. The molecule has 1 amide bonds. The van der Waals surface area contributed by atoms with Gasteiger partial charge in [-0.3, -0.25) is 14.4 Å². The average Bonchev–Trinajstić information content (AvgIpc) is 3.15. The fourth-order valence-electron chi connectivity index (χ4n) is 4.22. The van der Waals surface area contributed by atoms with E-state index in [1.54, 1.807) is 25.1 Å². The maximum atomic E-state index is 13.0. The van der Waals surface area contributed by atoms with Crippen molar-refractivity contribution in [2.45, 2.75) is 44.4 Å². The molecule has 33 heavy (non-hydrogen) atoms. The van der Waals surface area contributed by atoms with E-state index < -0.39 is 28.5 Å². The molecule has 2 aliphatic rings. The van der Waals surface area contributed by atoms with E-state index in [4.69, 9.17) is 9.26 Å². The molecular weight excluding hydrogens is 450 g/mol. The smallest absolute Gasteiger partial charge is 0.310 e. The Morgan fingerprint density at radius 2 is 2.06 bits per heavy atom. The molecule has 1 fully saturated rings. The average molecular weight is 476 g/mol. The van der Waals surface area contributed by atoms with Crippen molar-refractivity contribution in [3.63, 3.8) is 0 Å². The zero-order valence-corrected chi connectivity index (χ0v) is 19.2. The Hall–Kier alpha value is -3.05. The first kappa shape index (κ1) is 23.1. The topological polar surface area (TPSA) is 136 Å². The Kier molecular flexibility index (Phi) is 6.35. The fraction of sp³-hybridized carbons (Fsp3) is 0.455. The van der Waals surface area contributed by atoms with Gasteiger partial charge in [-0.2, -0.15) is 4.31 Å². The van der Waals surface area contributed by atoms with Crippen molar-refractivity contribution in [3.8, 4) is 0 Å². The lowest BCUT2D eigenvalue weighted by molar-refractivity contribution is -0.148. The molecular formula is C22H25N3O7S. The highest BCUT2D eigenvalue weighted by Gasteiger charge is 2.37. The quantitative estimate of drug-likeness (QED) is 0.495. The van der Waals surface area contributed by atoms with Crippen LogP contribution in [0.5, 0.6) is 0 Å². The van der Waals surface area contributed by atoms with E-state index >= 15 is 0 Å². The lowest BCUT2D eigenvalue weighted by Gasteiger charge is -2.30. The molecule has 10 nitrogen and oxygen atoms in total. The number of sulfonamides is 1. The predicted molar refractivity (Wildman–Crippen MR) is 116 cm³/mol. The monoisotopic (exact) mass is 475 g/mol. The molecule has 1 aromatic heterocycles. The van der Waals surface area contributed by atoms with Gasteiger partial charge in [0, 0.05) is 30.8 Å². The van der Waals surface area contributed by atoms with Gasteiger partial charge in [-0.15, -0.1) is 0 Å². The number of nitrogens with zero attached hydrogens (tertiary/aromatic N) is 2. The molecule has 176 valence electrons. The van der Waals surface area contributed by atoms with E-state index in [0.717, 1.165) is 5.56 Å². The number of carbonyl (C=O) groups is 3. The van der Waals surface area contributed by atoms with Gasteiger partial charge in [0.15, 0.2) is 18.2 Å². The zero-order valence-electron chi connectivity index (χ0n) is 18.4. The largest absolute Gasteiger partial charge is 0.457 e. The Morgan fingerprint density at radius 1 is 1.27 bits per heavy atom. The summed E-state index contributed by atoms with van der Waals surface area (Å²) in [6.07, 6.45) is 1.86. The van der Waals surface area contributed by atoms with Crippen molar-refractivity contribution in [1.29, 1.82) is 0 Å². The first-order chi connectivity index (χ1) is 15.7. The molecule has 2 aromatic rings. The van der Waals surface area contributed by atoms with Gasteiger partial charge in [0.25, 0.3) is 0 Å². The van der Waals surface area contributed by atoms with Crippen molar-refractivity contribution in [1.82, 2.24) is 9.46 Å². The van der Waals surface area contributed by atoms with Crippen LogP contribution in [0.2, 0.25) is 0 Å². The minimum Gasteiger partial charge on any atom is -0.457 e. The number of carbonyl (C=O) groups excluding carboxylic acids is 3. The molecule has 0 saturated carbocycles. The van der Waals surface area contributed by atoms with Crippen molar-refractivity contribution in [3.05, 3.63) is 40.8 Å². The van der Waals surface area contributed by atoms with Crippen LogP contribution in [0.25, 0.3) is 0 Å². The third kappa shape index (κ3) is 4.69. The maximum absolute atomic E-state index is 13.0. The summed E-state index contributed by atoms with van der Waals surface area (Å²) >= 11 is 0. The molecule has 11 heteroatoms. The number of nitrogens with one attached hydrogen (secondary N) is 1. The molecule has 0 radical (unpaired) electrons. The second-order valence-electron chi connectivity index (χ2n) is 8.31. The van der Waals surface area contributed by atoms with Gasteiger partial charge in [0.2, 0.25) is 15.9 Å². The third-order valence-corrected chi connectivity index (χ3v) is 8.06. The summed E-state index contributed by atoms with van der Waals surface area (Å²) in [7, 11) is -3.86. The Bertz CT molecular complexity index is 1200. The first-order valence-electron chi connectivity index (χ1n) is 10.7. The van der Waals surface area contributed by atoms with Crippen LogP contribution in [0, 0.1) is 19.8 Å². The van der Waals surface area contributed by atoms with Gasteiger partial charge in [-0.05, 0) is 56.9 Å². The van der Waals surface area contributed by atoms with E-state index in [0.29, 0.717) is 36.9 Å². The molecule has 3 heterocycles. The van der Waals surface area contributed by atoms with Gasteiger partial charge in [0.05, 0.1) is 5.92 Å². The fourth-order valence-corrected chi connectivity index (χ4v) is 6.03. The van der Waals surface area contributed by atoms with Gasteiger partial charge in [-0.1, -0.05) is 5.16 Å². The number of esters is 1. The lowest BCUT2D eigenvalue weighted by Crippen LogP contribution is -2.43. The molecule has 0 spiro atoms. The van der Waals surface area contributed by atoms with Crippen molar-refractivity contribution >= 4 is 33.4 Å². The second kappa shape index (κ2) is 9.06. The van der Waals surface area contributed by atoms with Crippen LogP contribution in [-0.2, 0) is 30.8 Å². The summed E-state index contributed by atoms with van der Waals surface area (Å²) in [6, 6.07) is 4.95. The maximum Gasteiger partial charge on any atom is 0.310 e. The number of fused-ring (bicyclic) bond motifs is 1. The van der Waals surface area contributed by atoms with Crippen molar-refractivity contribution in [2.24, 2.45) is 5.92 Å². The standard InChI is InChI=1S/C22H25N3O7S/c1-13-21(14(2)32-24-13)33(29,30)25-9-3-4-17(11-25)22(28)31-12-19(26)16-5-7-18-15(10-16)6-8-20(27)23-18/h5,7,10,17H,3-4,6,8-9,11-12H2,1-2H3,(H,23,27). The number of amides is 1. The SMILES string of the molecule is Cc1noc(C)c1S(=O)(=O)N1CCCC(C(=O)OCC(=O)c2ccc3c(c2)CCC(=O)N3)C1. The highest BCUT2D eigenvalue weighted by Crippen LogP contribution is 2.28. The Labute approximate surface area is 191 Å². The summed E-state index contributed by atoms with van der Waals surface area (Å²) in [5.74, 6) is -1.49.